The smallest absolute Gasteiger partial charge is 0.251 e. The van der Waals surface area contributed by atoms with Crippen LogP contribution in [0.3, 0.4) is 0 Å². The summed E-state index contributed by atoms with van der Waals surface area (Å²) < 4.78 is 5.78. The number of aliphatic hydroxyl groups is 1. The van der Waals surface area contributed by atoms with Gasteiger partial charge < -0.3 is 20.3 Å². The lowest BCUT2D eigenvalue weighted by Crippen LogP contribution is -2.43. The SMILES string of the molecule is O=C(NCC1(O)CCOC1)c1ccc(I)c(O)c1. The van der Waals surface area contributed by atoms with Gasteiger partial charge in [0, 0.05) is 25.1 Å². The van der Waals surface area contributed by atoms with Crippen molar-refractivity contribution in [2.75, 3.05) is 19.8 Å². The van der Waals surface area contributed by atoms with Crippen LogP contribution in [0.2, 0.25) is 0 Å². The van der Waals surface area contributed by atoms with Crippen LogP contribution in [0.4, 0.5) is 0 Å². The normalized spacial score (nSPS) is 23.0. The Hall–Kier alpha value is -0.860. The number of aromatic hydroxyl groups is 1. The number of benzene rings is 1. The third-order valence-electron chi connectivity index (χ3n) is 2.87. The van der Waals surface area contributed by atoms with Crippen LogP contribution in [-0.2, 0) is 4.74 Å². The highest BCUT2D eigenvalue weighted by molar-refractivity contribution is 14.1. The number of rotatable bonds is 3. The lowest BCUT2D eigenvalue weighted by molar-refractivity contribution is 0.0264. The van der Waals surface area contributed by atoms with Crippen LogP contribution in [-0.4, -0.2) is 41.5 Å². The molecule has 0 bridgehead atoms. The zero-order valence-electron chi connectivity index (χ0n) is 9.65. The average Bonchev–Trinajstić information content (AvgIpc) is 2.77. The zero-order chi connectivity index (χ0) is 13.2. The third kappa shape index (κ3) is 3.12. The second-order valence-electron chi connectivity index (χ2n) is 4.38. The minimum atomic E-state index is -0.971. The van der Waals surface area contributed by atoms with Crippen LogP contribution in [0, 0.1) is 3.57 Å². The van der Waals surface area contributed by atoms with E-state index < -0.39 is 5.60 Å². The van der Waals surface area contributed by atoms with Gasteiger partial charge in [-0.05, 0) is 40.8 Å². The van der Waals surface area contributed by atoms with Gasteiger partial charge in [0.2, 0.25) is 0 Å². The molecule has 18 heavy (non-hydrogen) atoms. The Bertz CT molecular complexity index is 457. The molecule has 3 N–H and O–H groups in total. The number of carbonyl (C=O) groups is 1. The zero-order valence-corrected chi connectivity index (χ0v) is 11.8. The van der Waals surface area contributed by atoms with Gasteiger partial charge in [0.05, 0.1) is 10.2 Å². The van der Waals surface area contributed by atoms with E-state index in [1.165, 1.54) is 6.07 Å². The third-order valence-corrected chi connectivity index (χ3v) is 3.78. The standard InChI is InChI=1S/C12H14INO4/c13-9-2-1-8(5-10(9)15)11(16)14-6-12(17)3-4-18-7-12/h1-2,5,15,17H,3-4,6-7H2,(H,14,16). The molecule has 1 aromatic rings. The average molecular weight is 363 g/mol. The molecule has 1 atom stereocenters. The van der Waals surface area contributed by atoms with Crippen LogP contribution in [0.5, 0.6) is 5.75 Å². The molecule has 0 spiro atoms. The van der Waals surface area contributed by atoms with E-state index in [9.17, 15) is 15.0 Å². The number of carbonyl (C=O) groups excluding carboxylic acids is 1. The first-order valence-corrected chi connectivity index (χ1v) is 6.65. The summed E-state index contributed by atoms with van der Waals surface area (Å²) in [6, 6.07) is 4.70. The lowest BCUT2D eigenvalue weighted by atomic mass is 10.0. The highest BCUT2D eigenvalue weighted by Crippen LogP contribution is 2.21. The van der Waals surface area contributed by atoms with Crippen molar-refractivity contribution in [2.45, 2.75) is 12.0 Å². The first kappa shape index (κ1) is 13.6. The molecule has 1 aliphatic heterocycles. The van der Waals surface area contributed by atoms with Gasteiger partial charge in [0.25, 0.3) is 5.91 Å². The summed E-state index contributed by atoms with van der Waals surface area (Å²) in [6.07, 6.45) is 0.519. The van der Waals surface area contributed by atoms with Crippen molar-refractivity contribution in [3.05, 3.63) is 27.3 Å². The highest BCUT2D eigenvalue weighted by Gasteiger charge is 2.32. The van der Waals surface area contributed by atoms with E-state index in [0.29, 0.717) is 22.2 Å². The summed E-state index contributed by atoms with van der Waals surface area (Å²) in [5.41, 5.74) is -0.601. The van der Waals surface area contributed by atoms with Crippen molar-refractivity contribution in [3.8, 4) is 5.75 Å². The molecule has 1 unspecified atom stereocenters. The second-order valence-corrected chi connectivity index (χ2v) is 5.54. The second kappa shape index (κ2) is 5.41. The predicted octanol–water partition coefficient (Wildman–Crippen LogP) is 0.878. The molecule has 98 valence electrons. The van der Waals surface area contributed by atoms with Gasteiger partial charge in [-0.25, -0.2) is 0 Å². The molecule has 1 aliphatic rings. The first-order chi connectivity index (χ1) is 8.50. The maximum absolute atomic E-state index is 11.8. The fourth-order valence-corrected chi connectivity index (χ4v) is 2.07. The van der Waals surface area contributed by atoms with Gasteiger partial charge in [-0.3, -0.25) is 4.79 Å². The summed E-state index contributed by atoms with van der Waals surface area (Å²) in [5.74, 6) is -0.242. The van der Waals surface area contributed by atoms with Crippen LogP contribution >= 0.6 is 22.6 Å². The van der Waals surface area contributed by atoms with E-state index in [1.807, 2.05) is 22.6 Å². The van der Waals surface area contributed by atoms with Crippen molar-refractivity contribution < 1.29 is 19.7 Å². The molecule has 1 aromatic carbocycles. The molecule has 0 aromatic heterocycles. The molecule has 0 radical (unpaired) electrons. The summed E-state index contributed by atoms with van der Waals surface area (Å²) in [4.78, 5) is 11.8. The van der Waals surface area contributed by atoms with E-state index in [0.717, 1.165) is 0 Å². The largest absolute Gasteiger partial charge is 0.507 e. The van der Waals surface area contributed by atoms with Gasteiger partial charge in [-0.1, -0.05) is 0 Å². The Balaban J connectivity index is 1.97. The maximum atomic E-state index is 11.8. The van der Waals surface area contributed by atoms with Crippen LogP contribution < -0.4 is 5.32 Å². The van der Waals surface area contributed by atoms with E-state index in [2.05, 4.69) is 5.32 Å². The van der Waals surface area contributed by atoms with E-state index >= 15 is 0 Å². The van der Waals surface area contributed by atoms with Gasteiger partial charge in [0.15, 0.2) is 0 Å². The van der Waals surface area contributed by atoms with Gasteiger partial charge in [-0.15, -0.1) is 0 Å². The number of hydrogen-bond donors (Lipinski definition) is 3. The highest BCUT2D eigenvalue weighted by atomic mass is 127. The van der Waals surface area contributed by atoms with Crippen molar-refractivity contribution >= 4 is 28.5 Å². The number of halogens is 1. The summed E-state index contributed by atoms with van der Waals surface area (Å²) >= 11 is 1.98. The van der Waals surface area contributed by atoms with Gasteiger partial charge in [0.1, 0.15) is 11.4 Å². The first-order valence-electron chi connectivity index (χ1n) is 5.57. The number of ether oxygens (including phenoxy) is 1. The van der Waals surface area contributed by atoms with Crippen molar-refractivity contribution in [2.24, 2.45) is 0 Å². The minimum Gasteiger partial charge on any atom is -0.507 e. The molecule has 0 saturated carbocycles. The fraction of sp³-hybridized carbons (Fsp3) is 0.417. The number of phenolic OH excluding ortho intramolecular Hbond substituents is 1. The van der Waals surface area contributed by atoms with E-state index in [4.69, 9.17) is 4.74 Å². The summed E-state index contributed by atoms with van der Waals surface area (Å²) in [6.45, 7) is 0.903. The van der Waals surface area contributed by atoms with Gasteiger partial charge >= 0.3 is 0 Å². The van der Waals surface area contributed by atoms with Crippen molar-refractivity contribution in [1.82, 2.24) is 5.32 Å². The summed E-state index contributed by atoms with van der Waals surface area (Å²) in [7, 11) is 0. The van der Waals surface area contributed by atoms with Gasteiger partial charge in [-0.2, -0.15) is 0 Å². The fourth-order valence-electron chi connectivity index (χ4n) is 1.74. The topological polar surface area (TPSA) is 78.8 Å². The Morgan fingerprint density at radius 1 is 1.56 bits per heavy atom. The van der Waals surface area contributed by atoms with Crippen LogP contribution in [0.1, 0.15) is 16.8 Å². The Morgan fingerprint density at radius 3 is 2.94 bits per heavy atom. The molecular weight excluding hydrogens is 349 g/mol. The Morgan fingerprint density at radius 2 is 2.33 bits per heavy atom. The van der Waals surface area contributed by atoms with E-state index in [-0.39, 0.29) is 24.8 Å². The molecular formula is C12H14INO4. The molecule has 2 rings (SSSR count). The lowest BCUT2D eigenvalue weighted by Gasteiger charge is -2.20. The molecule has 6 heteroatoms. The van der Waals surface area contributed by atoms with Crippen molar-refractivity contribution in [3.63, 3.8) is 0 Å². The quantitative estimate of drug-likeness (QED) is 0.697. The minimum absolute atomic E-state index is 0.0751. The number of phenols is 1. The van der Waals surface area contributed by atoms with Crippen molar-refractivity contribution in [1.29, 1.82) is 0 Å². The monoisotopic (exact) mass is 363 g/mol. The molecule has 1 amide bonds. The predicted molar refractivity (Wildman–Crippen MR) is 73.5 cm³/mol. The molecule has 1 fully saturated rings. The number of nitrogens with one attached hydrogen (secondary N) is 1. The van der Waals surface area contributed by atoms with Crippen LogP contribution in [0.25, 0.3) is 0 Å². The number of hydrogen-bond acceptors (Lipinski definition) is 4. The molecule has 5 nitrogen and oxygen atoms in total. The number of amides is 1. The molecule has 1 saturated heterocycles. The Labute approximate surface area is 118 Å². The van der Waals surface area contributed by atoms with Crippen LogP contribution in [0.15, 0.2) is 18.2 Å². The molecule has 0 aliphatic carbocycles. The molecule has 1 heterocycles. The Kier molecular flexibility index (Phi) is 4.08. The maximum Gasteiger partial charge on any atom is 0.251 e. The van der Waals surface area contributed by atoms with E-state index in [1.54, 1.807) is 12.1 Å². The summed E-state index contributed by atoms with van der Waals surface area (Å²) in [5, 5.41) is 22.2.